The lowest BCUT2D eigenvalue weighted by molar-refractivity contribution is -0.129. The van der Waals surface area contributed by atoms with Crippen molar-refractivity contribution < 1.29 is 27.5 Å². The summed E-state index contributed by atoms with van der Waals surface area (Å²) in [7, 11) is -2.46. The number of hydrogen-bond donors (Lipinski definition) is 1. The highest BCUT2D eigenvalue weighted by molar-refractivity contribution is 7.89. The van der Waals surface area contributed by atoms with Gasteiger partial charge in [0.15, 0.2) is 6.10 Å². The predicted molar refractivity (Wildman–Crippen MR) is 106 cm³/mol. The molecule has 1 aliphatic carbocycles. The standard InChI is InChI=1S/C20H28N2O6S/c1-13-6-4-5-11-22(13)29(25,26)18-12-15(7-10-17(18)27-3)20(24)28-14(2)19(23)21-16-8-9-16/h7,10,12-14,16H,4-6,8-9,11H2,1-3H3,(H,21,23)/t13-,14-/m0/s1. The van der Waals surface area contributed by atoms with Gasteiger partial charge in [-0.15, -0.1) is 0 Å². The Morgan fingerprint density at radius 2 is 1.93 bits per heavy atom. The molecule has 29 heavy (non-hydrogen) atoms. The second-order valence-electron chi connectivity index (χ2n) is 7.66. The van der Waals surface area contributed by atoms with Crippen LogP contribution in [-0.2, 0) is 19.6 Å². The molecule has 1 saturated heterocycles. The Morgan fingerprint density at radius 1 is 1.21 bits per heavy atom. The molecule has 0 spiro atoms. The first kappa shape index (κ1) is 21.6. The maximum Gasteiger partial charge on any atom is 0.338 e. The van der Waals surface area contributed by atoms with Crippen LogP contribution in [0.3, 0.4) is 0 Å². The van der Waals surface area contributed by atoms with E-state index >= 15 is 0 Å². The van der Waals surface area contributed by atoms with Gasteiger partial charge in [0.2, 0.25) is 10.0 Å². The molecule has 8 nitrogen and oxygen atoms in total. The summed E-state index contributed by atoms with van der Waals surface area (Å²) in [6, 6.07) is 4.18. The summed E-state index contributed by atoms with van der Waals surface area (Å²) in [5, 5.41) is 2.77. The van der Waals surface area contributed by atoms with E-state index in [-0.39, 0.29) is 34.2 Å². The zero-order chi connectivity index (χ0) is 21.2. The molecular weight excluding hydrogens is 396 g/mol. The van der Waals surface area contributed by atoms with E-state index in [9.17, 15) is 18.0 Å². The molecule has 2 atom stereocenters. The van der Waals surface area contributed by atoms with E-state index < -0.39 is 22.1 Å². The first-order chi connectivity index (χ1) is 13.7. The summed E-state index contributed by atoms with van der Waals surface area (Å²) < 4.78 is 38.4. The Labute approximate surface area is 171 Å². The molecule has 2 aliphatic rings. The zero-order valence-electron chi connectivity index (χ0n) is 17.0. The van der Waals surface area contributed by atoms with Crippen LogP contribution in [0, 0.1) is 0 Å². The van der Waals surface area contributed by atoms with E-state index in [0.717, 1.165) is 32.1 Å². The Morgan fingerprint density at radius 3 is 2.55 bits per heavy atom. The summed E-state index contributed by atoms with van der Waals surface area (Å²) in [4.78, 5) is 24.5. The van der Waals surface area contributed by atoms with Crippen molar-refractivity contribution in [2.45, 2.75) is 69.0 Å². The van der Waals surface area contributed by atoms with Gasteiger partial charge in [-0.05, 0) is 57.7 Å². The molecule has 1 aromatic carbocycles. The third kappa shape index (κ3) is 4.90. The number of benzene rings is 1. The molecule has 1 saturated carbocycles. The van der Waals surface area contributed by atoms with Crippen molar-refractivity contribution in [1.82, 2.24) is 9.62 Å². The molecule has 1 aromatic rings. The number of ether oxygens (including phenoxy) is 2. The van der Waals surface area contributed by atoms with E-state index in [2.05, 4.69) is 5.32 Å². The molecule has 1 heterocycles. The highest BCUT2D eigenvalue weighted by Crippen LogP contribution is 2.32. The summed E-state index contributed by atoms with van der Waals surface area (Å²) in [6.07, 6.45) is 3.46. The lowest BCUT2D eigenvalue weighted by Crippen LogP contribution is -2.42. The quantitative estimate of drug-likeness (QED) is 0.673. The number of amides is 1. The van der Waals surface area contributed by atoms with Gasteiger partial charge < -0.3 is 14.8 Å². The number of hydrogen-bond acceptors (Lipinski definition) is 6. The fourth-order valence-corrected chi connectivity index (χ4v) is 5.27. The van der Waals surface area contributed by atoms with Crippen molar-refractivity contribution in [3.05, 3.63) is 23.8 Å². The maximum atomic E-state index is 13.2. The number of methoxy groups -OCH3 is 1. The summed E-state index contributed by atoms with van der Waals surface area (Å²) in [5.41, 5.74) is 0.0557. The van der Waals surface area contributed by atoms with Crippen molar-refractivity contribution >= 4 is 21.9 Å². The van der Waals surface area contributed by atoms with Gasteiger partial charge in [-0.1, -0.05) is 6.42 Å². The molecule has 3 rings (SSSR count). The van der Waals surface area contributed by atoms with Crippen LogP contribution in [0.5, 0.6) is 5.75 Å². The summed E-state index contributed by atoms with van der Waals surface area (Å²) in [6.45, 7) is 3.80. The Kier molecular flexibility index (Phi) is 6.48. The van der Waals surface area contributed by atoms with E-state index in [4.69, 9.17) is 9.47 Å². The molecule has 2 fully saturated rings. The molecule has 1 aliphatic heterocycles. The molecule has 9 heteroatoms. The van der Waals surface area contributed by atoms with Gasteiger partial charge in [0, 0.05) is 18.6 Å². The second kappa shape index (κ2) is 8.71. The van der Waals surface area contributed by atoms with Gasteiger partial charge in [0.1, 0.15) is 10.6 Å². The van der Waals surface area contributed by atoms with Crippen molar-refractivity contribution in [1.29, 1.82) is 0 Å². The third-order valence-corrected chi connectivity index (χ3v) is 7.34. The fraction of sp³-hybridized carbons (Fsp3) is 0.600. The Bertz CT molecular complexity index is 881. The van der Waals surface area contributed by atoms with Gasteiger partial charge in [0.25, 0.3) is 5.91 Å². The number of rotatable bonds is 7. The predicted octanol–water partition coefficient (Wildman–Crippen LogP) is 2.08. The average Bonchev–Trinajstić information content (AvgIpc) is 3.51. The number of nitrogens with one attached hydrogen (secondary N) is 1. The molecule has 0 bridgehead atoms. The smallest absolute Gasteiger partial charge is 0.338 e. The van der Waals surface area contributed by atoms with Crippen LogP contribution in [0.15, 0.2) is 23.1 Å². The minimum absolute atomic E-state index is 0.0557. The van der Waals surface area contributed by atoms with Crippen LogP contribution >= 0.6 is 0 Å². The molecule has 0 unspecified atom stereocenters. The van der Waals surface area contributed by atoms with Gasteiger partial charge in [-0.2, -0.15) is 4.31 Å². The Balaban J connectivity index is 1.82. The average molecular weight is 425 g/mol. The molecule has 0 aromatic heterocycles. The van der Waals surface area contributed by atoms with Crippen LogP contribution in [0.1, 0.15) is 56.3 Å². The lowest BCUT2D eigenvalue weighted by atomic mass is 10.1. The lowest BCUT2D eigenvalue weighted by Gasteiger charge is -2.32. The SMILES string of the molecule is COc1ccc(C(=O)O[C@@H](C)C(=O)NC2CC2)cc1S(=O)(=O)N1CCCC[C@@H]1C. The van der Waals surface area contributed by atoms with E-state index in [1.54, 1.807) is 0 Å². The number of carbonyl (C=O) groups is 2. The molecular formula is C20H28N2O6S. The Hall–Kier alpha value is -2.13. The van der Waals surface area contributed by atoms with Crippen molar-refractivity contribution in [2.75, 3.05) is 13.7 Å². The van der Waals surface area contributed by atoms with Gasteiger partial charge in [0.05, 0.1) is 12.7 Å². The largest absolute Gasteiger partial charge is 0.495 e. The van der Waals surface area contributed by atoms with E-state index in [0.29, 0.717) is 6.54 Å². The first-order valence-corrected chi connectivity index (χ1v) is 11.4. The first-order valence-electron chi connectivity index (χ1n) is 9.95. The van der Waals surface area contributed by atoms with Gasteiger partial charge >= 0.3 is 5.97 Å². The zero-order valence-corrected chi connectivity index (χ0v) is 17.8. The molecule has 160 valence electrons. The second-order valence-corrected chi connectivity index (χ2v) is 9.52. The van der Waals surface area contributed by atoms with Crippen LogP contribution < -0.4 is 10.1 Å². The normalized spacial score (nSPS) is 21.3. The number of piperidine rings is 1. The minimum Gasteiger partial charge on any atom is -0.495 e. The van der Waals surface area contributed by atoms with Crippen molar-refractivity contribution in [2.24, 2.45) is 0 Å². The molecule has 1 amide bonds. The van der Waals surface area contributed by atoms with Crippen molar-refractivity contribution in [3.63, 3.8) is 0 Å². The van der Waals surface area contributed by atoms with Crippen LogP contribution in [0.4, 0.5) is 0 Å². The third-order valence-electron chi connectivity index (χ3n) is 5.30. The van der Waals surface area contributed by atoms with Crippen molar-refractivity contribution in [3.8, 4) is 5.75 Å². The van der Waals surface area contributed by atoms with E-state index in [1.165, 1.54) is 36.5 Å². The monoisotopic (exact) mass is 424 g/mol. The van der Waals surface area contributed by atoms with E-state index in [1.807, 2.05) is 6.92 Å². The highest BCUT2D eigenvalue weighted by Gasteiger charge is 2.34. The summed E-state index contributed by atoms with van der Waals surface area (Å²) in [5.74, 6) is -0.947. The number of sulfonamides is 1. The topological polar surface area (TPSA) is 102 Å². The summed E-state index contributed by atoms with van der Waals surface area (Å²) >= 11 is 0. The highest BCUT2D eigenvalue weighted by atomic mass is 32.2. The molecule has 1 N–H and O–H groups in total. The van der Waals surface area contributed by atoms with Crippen LogP contribution in [0.25, 0.3) is 0 Å². The van der Waals surface area contributed by atoms with Crippen LogP contribution in [0.2, 0.25) is 0 Å². The van der Waals surface area contributed by atoms with Gasteiger partial charge in [-0.25, -0.2) is 13.2 Å². The number of nitrogens with zero attached hydrogens (tertiary/aromatic N) is 1. The van der Waals surface area contributed by atoms with Crippen LogP contribution in [-0.4, -0.2) is 56.4 Å². The maximum absolute atomic E-state index is 13.2. The minimum atomic E-state index is -3.84. The molecule has 0 radical (unpaired) electrons. The number of carbonyl (C=O) groups excluding carboxylic acids is 2. The van der Waals surface area contributed by atoms with Gasteiger partial charge in [-0.3, -0.25) is 4.79 Å². The number of esters is 1. The fourth-order valence-electron chi connectivity index (χ4n) is 3.39.